The van der Waals surface area contributed by atoms with Gasteiger partial charge in [0.05, 0.1) is 7.11 Å². The fourth-order valence-electron chi connectivity index (χ4n) is 1.59. The van der Waals surface area contributed by atoms with Gasteiger partial charge in [0, 0.05) is 12.2 Å². The average molecular weight is 280 g/mol. The molecule has 1 rings (SSSR count). The molecular formula is C14H16O6. The summed E-state index contributed by atoms with van der Waals surface area (Å²) < 4.78 is 9.34. The summed E-state index contributed by atoms with van der Waals surface area (Å²) in [5.74, 6) is -3.42. The average Bonchev–Trinajstić information content (AvgIpc) is 2.46. The van der Waals surface area contributed by atoms with Crippen molar-refractivity contribution in [2.75, 3.05) is 20.3 Å². The van der Waals surface area contributed by atoms with Gasteiger partial charge in [0.1, 0.15) is 12.5 Å². The number of esters is 1. The molecule has 0 fully saturated rings. The standard InChI is InChI=1S/C14H16O6/c1-19-12(15)9-20-8-7-11(14(17)18)13(16)10-5-3-2-4-6-10/h2-6,11H,7-9H2,1H3,(H,17,18). The number of hydrogen-bond donors (Lipinski definition) is 1. The lowest BCUT2D eigenvalue weighted by atomic mass is 9.95. The van der Waals surface area contributed by atoms with Gasteiger partial charge >= 0.3 is 11.9 Å². The minimum atomic E-state index is -1.21. The van der Waals surface area contributed by atoms with Crippen molar-refractivity contribution in [3.05, 3.63) is 35.9 Å². The van der Waals surface area contributed by atoms with Gasteiger partial charge < -0.3 is 14.6 Å². The maximum atomic E-state index is 12.0. The molecule has 1 N–H and O–H groups in total. The number of Topliss-reactive ketones (excluding diaryl/α,β-unsaturated/α-hetero) is 1. The van der Waals surface area contributed by atoms with Crippen molar-refractivity contribution in [1.29, 1.82) is 0 Å². The largest absolute Gasteiger partial charge is 0.481 e. The van der Waals surface area contributed by atoms with Gasteiger partial charge in [0.25, 0.3) is 0 Å². The SMILES string of the molecule is COC(=O)COCCC(C(=O)O)C(=O)c1ccccc1. The molecule has 0 aromatic heterocycles. The molecule has 1 aromatic rings. The lowest BCUT2D eigenvalue weighted by Crippen LogP contribution is -2.26. The molecule has 6 heteroatoms. The molecule has 0 heterocycles. The van der Waals surface area contributed by atoms with Gasteiger partial charge in [0.15, 0.2) is 5.78 Å². The molecule has 0 amide bonds. The molecular weight excluding hydrogens is 264 g/mol. The zero-order valence-electron chi connectivity index (χ0n) is 11.1. The van der Waals surface area contributed by atoms with E-state index in [-0.39, 0.29) is 19.6 Å². The van der Waals surface area contributed by atoms with Crippen molar-refractivity contribution in [2.24, 2.45) is 5.92 Å². The molecule has 20 heavy (non-hydrogen) atoms. The molecule has 1 aromatic carbocycles. The first kappa shape index (κ1) is 15.8. The van der Waals surface area contributed by atoms with Crippen LogP contribution in [0.4, 0.5) is 0 Å². The fourth-order valence-corrected chi connectivity index (χ4v) is 1.59. The Morgan fingerprint density at radius 1 is 1.20 bits per heavy atom. The minimum absolute atomic E-state index is 0.0000548. The van der Waals surface area contributed by atoms with E-state index in [4.69, 9.17) is 9.84 Å². The van der Waals surface area contributed by atoms with Crippen molar-refractivity contribution in [3.8, 4) is 0 Å². The molecule has 1 unspecified atom stereocenters. The zero-order chi connectivity index (χ0) is 15.0. The van der Waals surface area contributed by atoms with E-state index in [1.807, 2.05) is 0 Å². The summed E-state index contributed by atoms with van der Waals surface area (Å²) in [6.45, 7) is -0.271. The van der Waals surface area contributed by atoms with Crippen LogP contribution in [0.5, 0.6) is 0 Å². The summed E-state index contributed by atoms with van der Waals surface area (Å²) in [5, 5.41) is 9.09. The highest BCUT2D eigenvalue weighted by atomic mass is 16.6. The van der Waals surface area contributed by atoms with Gasteiger partial charge in [-0.2, -0.15) is 0 Å². The summed E-state index contributed by atoms with van der Waals surface area (Å²) >= 11 is 0. The van der Waals surface area contributed by atoms with E-state index >= 15 is 0 Å². The van der Waals surface area contributed by atoms with Crippen LogP contribution in [0.3, 0.4) is 0 Å². The second kappa shape index (κ2) is 8.06. The van der Waals surface area contributed by atoms with E-state index in [0.717, 1.165) is 0 Å². The molecule has 0 saturated carbocycles. The number of ether oxygens (including phenoxy) is 2. The first-order valence-corrected chi connectivity index (χ1v) is 6.03. The predicted octanol–water partition coefficient (Wildman–Crippen LogP) is 1.15. The Kier molecular flexibility index (Phi) is 6.39. The number of rotatable bonds is 8. The van der Waals surface area contributed by atoms with E-state index in [1.165, 1.54) is 7.11 Å². The van der Waals surface area contributed by atoms with Crippen LogP contribution in [0.25, 0.3) is 0 Å². The zero-order valence-corrected chi connectivity index (χ0v) is 11.1. The van der Waals surface area contributed by atoms with Crippen LogP contribution in [0.1, 0.15) is 16.8 Å². The number of carbonyl (C=O) groups is 3. The minimum Gasteiger partial charge on any atom is -0.481 e. The number of hydrogen-bond acceptors (Lipinski definition) is 5. The third kappa shape index (κ3) is 4.81. The maximum absolute atomic E-state index is 12.0. The highest BCUT2D eigenvalue weighted by Gasteiger charge is 2.26. The van der Waals surface area contributed by atoms with Crippen LogP contribution in [0.2, 0.25) is 0 Å². The molecule has 6 nitrogen and oxygen atoms in total. The van der Waals surface area contributed by atoms with E-state index in [1.54, 1.807) is 30.3 Å². The third-order valence-electron chi connectivity index (χ3n) is 2.67. The number of carbonyl (C=O) groups excluding carboxylic acids is 2. The number of carboxylic acid groups (broad SMARTS) is 1. The summed E-state index contributed by atoms with van der Waals surface area (Å²) in [5.41, 5.74) is 0.341. The van der Waals surface area contributed by atoms with Crippen molar-refractivity contribution in [2.45, 2.75) is 6.42 Å². The van der Waals surface area contributed by atoms with E-state index in [2.05, 4.69) is 4.74 Å². The second-order valence-electron chi connectivity index (χ2n) is 4.04. The first-order chi connectivity index (χ1) is 9.56. The lowest BCUT2D eigenvalue weighted by molar-refractivity contribution is -0.146. The van der Waals surface area contributed by atoms with E-state index < -0.39 is 23.6 Å². The van der Waals surface area contributed by atoms with Crippen molar-refractivity contribution in [3.63, 3.8) is 0 Å². The topological polar surface area (TPSA) is 89.9 Å². The Morgan fingerprint density at radius 3 is 2.40 bits per heavy atom. The van der Waals surface area contributed by atoms with E-state index in [9.17, 15) is 14.4 Å². The molecule has 0 aliphatic heterocycles. The lowest BCUT2D eigenvalue weighted by Gasteiger charge is -2.11. The van der Waals surface area contributed by atoms with Crippen molar-refractivity contribution in [1.82, 2.24) is 0 Å². The van der Waals surface area contributed by atoms with Crippen LogP contribution < -0.4 is 0 Å². The number of benzene rings is 1. The predicted molar refractivity (Wildman–Crippen MR) is 69.4 cm³/mol. The highest BCUT2D eigenvalue weighted by molar-refractivity contribution is 6.08. The third-order valence-corrected chi connectivity index (χ3v) is 2.67. The van der Waals surface area contributed by atoms with Crippen LogP contribution in [0, 0.1) is 5.92 Å². The van der Waals surface area contributed by atoms with Crippen LogP contribution >= 0.6 is 0 Å². The van der Waals surface area contributed by atoms with Crippen molar-refractivity contribution >= 4 is 17.7 Å². The normalized spacial score (nSPS) is 11.7. The summed E-state index contributed by atoms with van der Waals surface area (Å²) in [6.07, 6.45) is 0.0000548. The van der Waals surface area contributed by atoms with Gasteiger partial charge in [-0.15, -0.1) is 0 Å². The fraction of sp³-hybridized carbons (Fsp3) is 0.357. The van der Waals surface area contributed by atoms with E-state index in [0.29, 0.717) is 5.56 Å². The highest BCUT2D eigenvalue weighted by Crippen LogP contribution is 2.13. The smallest absolute Gasteiger partial charge is 0.331 e. The number of methoxy groups -OCH3 is 1. The Labute approximate surface area is 116 Å². The Hall–Kier alpha value is -2.21. The molecule has 0 spiro atoms. The van der Waals surface area contributed by atoms with Gasteiger partial charge in [-0.05, 0) is 6.42 Å². The Morgan fingerprint density at radius 2 is 1.85 bits per heavy atom. The Balaban J connectivity index is 2.55. The number of ketones is 1. The molecule has 0 saturated heterocycles. The van der Waals surface area contributed by atoms with Gasteiger partial charge in [-0.25, -0.2) is 4.79 Å². The monoisotopic (exact) mass is 280 g/mol. The summed E-state index contributed by atoms with van der Waals surface area (Å²) in [6, 6.07) is 8.20. The summed E-state index contributed by atoms with van der Waals surface area (Å²) in [7, 11) is 1.23. The first-order valence-electron chi connectivity index (χ1n) is 6.03. The maximum Gasteiger partial charge on any atom is 0.331 e. The second-order valence-corrected chi connectivity index (χ2v) is 4.04. The van der Waals surface area contributed by atoms with Crippen LogP contribution in [-0.2, 0) is 19.1 Å². The molecule has 0 aliphatic rings. The number of carboxylic acids is 1. The van der Waals surface area contributed by atoms with Crippen LogP contribution in [0.15, 0.2) is 30.3 Å². The molecule has 1 atom stereocenters. The van der Waals surface area contributed by atoms with Crippen molar-refractivity contribution < 1.29 is 29.0 Å². The summed E-state index contributed by atoms with van der Waals surface area (Å²) in [4.78, 5) is 34.0. The number of aliphatic carboxylic acids is 1. The molecule has 0 radical (unpaired) electrons. The van der Waals surface area contributed by atoms with Gasteiger partial charge in [-0.3, -0.25) is 9.59 Å². The van der Waals surface area contributed by atoms with Gasteiger partial charge in [0.2, 0.25) is 0 Å². The molecule has 0 aliphatic carbocycles. The molecule has 108 valence electrons. The Bertz CT molecular complexity index is 468. The van der Waals surface area contributed by atoms with Gasteiger partial charge in [-0.1, -0.05) is 30.3 Å². The quantitative estimate of drug-likeness (QED) is 0.332. The van der Waals surface area contributed by atoms with Crippen LogP contribution in [-0.4, -0.2) is 43.2 Å². The molecule has 0 bridgehead atoms.